The Bertz CT molecular complexity index is 163. The predicted octanol–water partition coefficient (Wildman–Crippen LogP) is 4.83. The summed E-state index contributed by atoms with van der Waals surface area (Å²) in [4.78, 5) is 0. The van der Waals surface area contributed by atoms with Crippen LogP contribution in [0.5, 0.6) is 0 Å². The van der Waals surface area contributed by atoms with Crippen molar-refractivity contribution in [2.75, 3.05) is 0 Å². The summed E-state index contributed by atoms with van der Waals surface area (Å²) < 4.78 is 0. The zero-order valence-electron chi connectivity index (χ0n) is 8.51. The summed E-state index contributed by atoms with van der Waals surface area (Å²) in [5, 5.41) is 0. The number of hydrogen-bond acceptors (Lipinski definition) is 0. The molecule has 0 aromatic heterocycles. The Hall–Kier alpha value is -0.780. The highest BCUT2D eigenvalue weighted by molar-refractivity contribution is 5.11. The van der Waals surface area contributed by atoms with E-state index < -0.39 is 0 Å². The third-order valence-electron chi connectivity index (χ3n) is 1.65. The van der Waals surface area contributed by atoms with Gasteiger partial charge in [-0.15, -0.1) is 0 Å². The third kappa shape index (κ3) is 11.2. The van der Waals surface area contributed by atoms with Gasteiger partial charge in [0.15, 0.2) is 0 Å². The molecule has 0 heterocycles. The second kappa shape index (κ2) is 11.2. The molecule has 0 nitrogen and oxygen atoms in total. The maximum absolute atomic E-state index is 2.21. The van der Waals surface area contributed by atoms with Gasteiger partial charge in [0.1, 0.15) is 0 Å². The summed E-state index contributed by atoms with van der Waals surface area (Å²) in [5.74, 6) is 0. The smallest absolute Gasteiger partial charge is 0.0398 e. The maximum atomic E-state index is 2.21. The Morgan fingerprint density at radius 3 is 1.54 bits per heavy atom. The molecule has 0 saturated heterocycles. The number of rotatable bonds is 2. The fourth-order valence-electron chi connectivity index (χ4n) is 0.888. The van der Waals surface area contributed by atoms with E-state index in [1.807, 2.05) is 18.2 Å². The van der Waals surface area contributed by atoms with E-state index in [2.05, 4.69) is 32.9 Å². The van der Waals surface area contributed by atoms with Crippen molar-refractivity contribution in [3.63, 3.8) is 0 Å². The molecule has 0 N–H and O–H groups in total. The van der Waals surface area contributed by atoms with E-state index in [0.717, 1.165) is 0 Å². The number of hydrogen-bond donors (Lipinski definition) is 0. The van der Waals surface area contributed by atoms with E-state index in [-0.39, 0.29) is 7.43 Å². The Morgan fingerprint density at radius 2 is 1.38 bits per heavy atom. The summed E-state index contributed by atoms with van der Waals surface area (Å²) in [7, 11) is 0. The standard InChI is InChI=1S/C7H8.C5H12.CH4/c1-7-5-3-2-4-6-7;1-3-5-4-2;/h2-6H,1H3;3-5H2,1-2H3;1H4. The minimum Gasteiger partial charge on any atom is -0.0776 e. The van der Waals surface area contributed by atoms with Gasteiger partial charge in [0.05, 0.1) is 0 Å². The molecule has 0 unspecified atom stereocenters. The lowest BCUT2D eigenvalue weighted by Crippen LogP contribution is -1.62. The molecule has 0 radical (unpaired) electrons. The fraction of sp³-hybridized carbons (Fsp3) is 0.538. The van der Waals surface area contributed by atoms with Crippen LogP contribution in [0.4, 0.5) is 0 Å². The van der Waals surface area contributed by atoms with Crippen molar-refractivity contribution >= 4 is 0 Å². The van der Waals surface area contributed by atoms with E-state index in [1.54, 1.807) is 0 Å². The van der Waals surface area contributed by atoms with Crippen LogP contribution >= 0.6 is 0 Å². The van der Waals surface area contributed by atoms with E-state index in [9.17, 15) is 0 Å². The van der Waals surface area contributed by atoms with Gasteiger partial charge in [-0.05, 0) is 6.92 Å². The van der Waals surface area contributed by atoms with Crippen LogP contribution in [0.25, 0.3) is 0 Å². The zero-order valence-corrected chi connectivity index (χ0v) is 8.51. The van der Waals surface area contributed by atoms with E-state index in [4.69, 9.17) is 0 Å². The van der Waals surface area contributed by atoms with Crippen molar-refractivity contribution in [2.24, 2.45) is 0 Å². The molecule has 0 aliphatic carbocycles. The number of unbranched alkanes of at least 4 members (excludes halogenated alkanes) is 2. The average molecular weight is 180 g/mol. The van der Waals surface area contributed by atoms with Gasteiger partial charge in [0.2, 0.25) is 0 Å². The molecule has 1 aromatic rings. The van der Waals surface area contributed by atoms with Crippen molar-refractivity contribution in [2.45, 2.75) is 47.5 Å². The first-order valence-corrected chi connectivity index (χ1v) is 4.82. The topological polar surface area (TPSA) is 0 Å². The van der Waals surface area contributed by atoms with Crippen LogP contribution in [-0.4, -0.2) is 0 Å². The Balaban J connectivity index is 0. The van der Waals surface area contributed by atoms with Crippen LogP contribution in [0.3, 0.4) is 0 Å². The zero-order chi connectivity index (χ0) is 9.23. The number of benzene rings is 1. The molecular weight excluding hydrogens is 156 g/mol. The summed E-state index contributed by atoms with van der Waals surface area (Å²) >= 11 is 0. The second-order valence-electron chi connectivity index (χ2n) is 3.01. The molecule has 0 bridgehead atoms. The van der Waals surface area contributed by atoms with Gasteiger partial charge >= 0.3 is 0 Å². The Labute approximate surface area is 84.0 Å². The van der Waals surface area contributed by atoms with Crippen LogP contribution < -0.4 is 0 Å². The lowest BCUT2D eigenvalue weighted by atomic mass is 10.2. The van der Waals surface area contributed by atoms with Gasteiger partial charge in [0.25, 0.3) is 0 Å². The summed E-state index contributed by atoms with van der Waals surface area (Å²) in [6.07, 6.45) is 4.08. The summed E-state index contributed by atoms with van der Waals surface area (Å²) in [5.41, 5.74) is 1.32. The van der Waals surface area contributed by atoms with Gasteiger partial charge < -0.3 is 0 Å². The van der Waals surface area contributed by atoms with Crippen molar-refractivity contribution in [3.8, 4) is 0 Å². The lowest BCUT2D eigenvalue weighted by molar-refractivity contribution is 0.772. The molecule has 0 spiro atoms. The molecule has 0 fully saturated rings. The fourth-order valence-corrected chi connectivity index (χ4v) is 0.888. The highest BCUT2D eigenvalue weighted by atomic mass is 13.8. The van der Waals surface area contributed by atoms with E-state index in [0.29, 0.717) is 0 Å². The van der Waals surface area contributed by atoms with Crippen molar-refractivity contribution < 1.29 is 0 Å². The van der Waals surface area contributed by atoms with Gasteiger partial charge in [-0.1, -0.05) is 76.4 Å². The molecule has 76 valence electrons. The maximum Gasteiger partial charge on any atom is -0.0398 e. The molecule has 1 rings (SSSR count). The normalized spacial score (nSPS) is 7.92. The number of aryl methyl sites for hydroxylation is 1. The van der Waals surface area contributed by atoms with Crippen molar-refractivity contribution in [1.82, 2.24) is 0 Å². The summed E-state index contributed by atoms with van der Waals surface area (Å²) in [6.45, 7) is 6.51. The molecule has 0 saturated carbocycles. The van der Waals surface area contributed by atoms with Crippen LogP contribution in [0.1, 0.15) is 46.1 Å². The molecule has 0 atom stereocenters. The molecule has 0 heteroatoms. The Kier molecular flexibility index (Phi) is 12.7. The second-order valence-corrected chi connectivity index (χ2v) is 3.01. The molecule has 0 aliphatic heterocycles. The third-order valence-corrected chi connectivity index (χ3v) is 1.65. The largest absolute Gasteiger partial charge is 0.0776 e. The van der Waals surface area contributed by atoms with E-state index in [1.165, 1.54) is 24.8 Å². The quantitative estimate of drug-likeness (QED) is 0.611. The highest BCUT2D eigenvalue weighted by Crippen LogP contribution is 1.92. The van der Waals surface area contributed by atoms with Gasteiger partial charge in [-0.25, -0.2) is 0 Å². The van der Waals surface area contributed by atoms with Gasteiger partial charge in [-0.3, -0.25) is 0 Å². The molecule has 13 heavy (non-hydrogen) atoms. The van der Waals surface area contributed by atoms with Crippen LogP contribution in [-0.2, 0) is 0 Å². The van der Waals surface area contributed by atoms with Gasteiger partial charge in [-0.2, -0.15) is 0 Å². The molecular formula is C13H24. The molecule has 0 aliphatic rings. The van der Waals surface area contributed by atoms with Crippen molar-refractivity contribution in [3.05, 3.63) is 35.9 Å². The average Bonchev–Trinajstić information content (AvgIpc) is 2.08. The predicted molar refractivity (Wildman–Crippen MR) is 63.1 cm³/mol. The van der Waals surface area contributed by atoms with Crippen LogP contribution in [0, 0.1) is 6.92 Å². The first kappa shape index (κ1) is 14.7. The minimum absolute atomic E-state index is 0. The highest BCUT2D eigenvalue weighted by Gasteiger charge is 1.72. The van der Waals surface area contributed by atoms with Crippen LogP contribution in [0.15, 0.2) is 30.3 Å². The van der Waals surface area contributed by atoms with E-state index >= 15 is 0 Å². The Morgan fingerprint density at radius 1 is 0.923 bits per heavy atom. The minimum atomic E-state index is 0. The van der Waals surface area contributed by atoms with Gasteiger partial charge in [0, 0.05) is 0 Å². The van der Waals surface area contributed by atoms with Crippen molar-refractivity contribution in [1.29, 1.82) is 0 Å². The first-order chi connectivity index (χ1) is 5.81. The monoisotopic (exact) mass is 180 g/mol. The molecule has 1 aromatic carbocycles. The van der Waals surface area contributed by atoms with Crippen LogP contribution in [0.2, 0.25) is 0 Å². The first-order valence-electron chi connectivity index (χ1n) is 4.82. The summed E-state index contributed by atoms with van der Waals surface area (Å²) in [6, 6.07) is 10.3. The SMILES string of the molecule is C.CCCCC.Cc1ccccc1. The molecule has 0 amide bonds. The lowest BCUT2D eigenvalue weighted by Gasteiger charge is -1.82.